The van der Waals surface area contributed by atoms with Crippen molar-refractivity contribution in [1.29, 1.82) is 0 Å². The molecule has 0 saturated heterocycles. The Labute approximate surface area is 150 Å². The van der Waals surface area contributed by atoms with Crippen LogP contribution in [0.3, 0.4) is 0 Å². The lowest BCUT2D eigenvalue weighted by atomic mass is 9.88. The molecule has 0 radical (unpaired) electrons. The van der Waals surface area contributed by atoms with E-state index < -0.39 is 18.2 Å². The summed E-state index contributed by atoms with van der Waals surface area (Å²) in [6.45, 7) is 6.29. The number of phenols is 2. The molecule has 0 aromatic heterocycles. The summed E-state index contributed by atoms with van der Waals surface area (Å²) in [5.41, 5.74) is 0.976. The van der Waals surface area contributed by atoms with Crippen LogP contribution < -0.4 is 0 Å². The van der Waals surface area contributed by atoms with Crippen molar-refractivity contribution >= 4 is 5.97 Å². The van der Waals surface area contributed by atoms with E-state index in [1.165, 1.54) is 7.11 Å². The lowest BCUT2D eigenvalue weighted by Gasteiger charge is -2.33. The Morgan fingerprint density at radius 2 is 2.00 bits per heavy atom. The number of ether oxygens (including phenoxy) is 2. The van der Waals surface area contributed by atoms with Crippen molar-refractivity contribution < 1.29 is 24.5 Å². The molecule has 0 fully saturated rings. The molecule has 0 bridgehead atoms. The average Bonchev–Trinajstić information content (AvgIpc) is 2.56. The quantitative estimate of drug-likeness (QED) is 0.410. The van der Waals surface area contributed by atoms with Crippen molar-refractivity contribution in [3.05, 3.63) is 22.8 Å². The first-order valence-corrected chi connectivity index (χ1v) is 9.22. The van der Waals surface area contributed by atoms with Gasteiger partial charge in [-0.1, -0.05) is 33.6 Å². The van der Waals surface area contributed by atoms with Crippen molar-refractivity contribution in [2.75, 3.05) is 7.11 Å². The van der Waals surface area contributed by atoms with Crippen LogP contribution in [0.4, 0.5) is 0 Å². The molecule has 0 aliphatic carbocycles. The number of rotatable bonds is 8. The number of methoxy groups -OCH3 is 1. The smallest absolute Gasteiger partial charge is 0.342 e. The van der Waals surface area contributed by atoms with Gasteiger partial charge in [0, 0.05) is 12.7 Å². The molecule has 0 saturated carbocycles. The summed E-state index contributed by atoms with van der Waals surface area (Å²) in [5, 5.41) is 21.1. The third-order valence-corrected chi connectivity index (χ3v) is 4.82. The largest absolute Gasteiger partial charge is 0.508 e. The highest BCUT2D eigenvalue weighted by Gasteiger charge is 2.40. The molecule has 2 N–H and O–H groups in total. The molecule has 1 aliphatic rings. The Balaban J connectivity index is 2.37. The fourth-order valence-electron chi connectivity index (χ4n) is 3.38. The zero-order valence-electron chi connectivity index (χ0n) is 15.7. The number of aryl methyl sites for hydroxylation is 1. The second kappa shape index (κ2) is 8.56. The molecule has 2 atom stereocenters. The molecule has 5 nitrogen and oxygen atoms in total. The van der Waals surface area contributed by atoms with Crippen LogP contribution in [-0.2, 0) is 15.9 Å². The summed E-state index contributed by atoms with van der Waals surface area (Å²) in [7, 11) is 1.53. The molecule has 0 amide bonds. The number of hydrogen-bond donors (Lipinski definition) is 2. The summed E-state index contributed by atoms with van der Waals surface area (Å²) in [4.78, 5) is 12.5. The fraction of sp³-hybridized carbons (Fsp3) is 0.650. The van der Waals surface area contributed by atoms with Gasteiger partial charge in [0.15, 0.2) is 0 Å². The van der Waals surface area contributed by atoms with Gasteiger partial charge >= 0.3 is 5.97 Å². The van der Waals surface area contributed by atoms with Crippen LogP contribution in [0.1, 0.15) is 80.5 Å². The summed E-state index contributed by atoms with van der Waals surface area (Å²) >= 11 is 0. The minimum Gasteiger partial charge on any atom is -0.508 e. The number of cyclic esters (lactones) is 1. The number of fused-ring (bicyclic) bond motifs is 1. The highest BCUT2D eigenvalue weighted by molar-refractivity contribution is 5.97. The van der Waals surface area contributed by atoms with Gasteiger partial charge in [0.05, 0.1) is 0 Å². The van der Waals surface area contributed by atoms with Crippen LogP contribution in [0.5, 0.6) is 11.5 Å². The van der Waals surface area contributed by atoms with Gasteiger partial charge in [-0.05, 0) is 43.2 Å². The number of carbonyl (C=O) groups excluding carboxylic acids is 1. The summed E-state index contributed by atoms with van der Waals surface area (Å²) in [5.74, 6) is -0.216. The van der Waals surface area contributed by atoms with Crippen molar-refractivity contribution in [3.8, 4) is 11.5 Å². The third-order valence-electron chi connectivity index (χ3n) is 4.82. The first-order valence-electron chi connectivity index (χ1n) is 9.22. The minimum atomic E-state index is -0.580. The molecule has 2 rings (SSSR count). The number of esters is 1. The number of phenolic OH excluding ortho intramolecular Hbond substituents is 2. The zero-order chi connectivity index (χ0) is 18.6. The standard InChI is InChI=1S/C20H30O5/c1-5-6-7-8-15-19(24-4)16-14(21)11-13(10-9-12(2)3)18(22)17(16)20(23)25-15/h11-12,15,19,21-22H,5-10H2,1-4H3/t15-,19-/m1/s1. The van der Waals surface area contributed by atoms with E-state index >= 15 is 0 Å². The molecule has 1 aromatic carbocycles. The van der Waals surface area contributed by atoms with Crippen molar-refractivity contribution in [2.24, 2.45) is 5.92 Å². The summed E-state index contributed by atoms with van der Waals surface area (Å²) < 4.78 is 11.1. The predicted octanol–water partition coefficient (Wildman–Crippen LogP) is 4.49. The molecular formula is C20H30O5. The maximum Gasteiger partial charge on any atom is 0.342 e. The molecule has 1 aromatic rings. The maximum atomic E-state index is 12.5. The van der Waals surface area contributed by atoms with E-state index in [2.05, 4.69) is 20.8 Å². The van der Waals surface area contributed by atoms with Gasteiger partial charge in [-0.15, -0.1) is 0 Å². The Morgan fingerprint density at radius 1 is 1.28 bits per heavy atom. The van der Waals surface area contributed by atoms with Crippen LogP contribution in [0.2, 0.25) is 0 Å². The Morgan fingerprint density at radius 3 is 2.60 bits per heavy atom. The number of unbranched alkanes of at least 4 members (excludes halogenated alkanes) is 2. The zero-order valence-corrected chi connectivity index (χ0v) is 15.7. The number of aromatic hydroxyl groups is 2. The first-order chi connectivity index (χ1) is 11.9. The molecule has 1 heterocycles. The van der Waals surface area contributed by atoms with Crippen LogP contribution in [-0.4, -0.2) is 29.4 Å². The highest BCUT2D eigenvalue weighted by atomic mass is 16.6. The van der Waals surface area contributed by atoms with Crippen LogP contribution in [0, 0.1) is 5.92 Å². The number of hydrogen-bond acceptors (Lipinski definition) is 5. The van der Waals surface area contributed by atoms with Crippen molar-refractivity contribution in [3.63, 3.8) is 0 Å². The van der Waals surface area contributed by atoms with Crippen LogP contribution >= 0.6 is 0 Å². The van der Waals surface area contributed by atoms with E-state index in [9.17, 15) is 15.0 Å². The predicted molar refractivity (Wildman–Crippen MR) is 96.0 cm³/mol. The van der Waals surface area contributed by atoms with Gasteiger partial charge in [0.2, 0.25) is 0 Å². The molecule has 0 unspecified atom stereocenters. The Hall–Kier alpha value is -1.75. The van der Waals surface area contributed by atoms with E-state index in [1.54, 1.807) is 6.07 Å². The van der Waals surface area contributed by atoms with Crippen LogP contribution in [0.25, 0.3) is 0 Å². The SMILES string of the molecule is CCCCC[C@H]1OC(=O)c2c(O)c(CCC(C)C)cc(O)c2[C@@H]1OC. The average molecular weight is 350 g/mol. The first kappa shape index (κ1) is 19.6. The molecule has 140 valence electrons. The van der Waals surface area contributed by atoms with E-state index in [0.717, 1.165) is 25.7 Å². The molecule has 25 heavy (non-hydrogen) atoms. The number of benzene rings is 1. The topological polar surface area (TPSA) is 76.0 Å². The monoisotopic (exact) mass is 350 g/mol. The van der Waals surface area contributed by atoms with Crippen LogP contribution in [0.15, 0.2) is 6.07 Å². The Kier molecular flexibility index (Phi) is 6.71. The summed E-state index contributed by atoms with van der Waals surface area (Å²) in [6.07, 6.45) is 4.15. The van der Waals surface area contributed by atoms with Gasteiger partial charge in [-0.25, -0.2) is 4.79 Å². The van der Waals surface area contributed by atoms with Gasteiger partial charge < -0.3 is 19.7 Å². The van der Waals surface area contributed by atoms with E-state index in [4.69, 9.17) is 9.47 Å². The molecular weight excluding hydrogens is 320 g/mol. The van der Waals surface area contributed by atoms with E-state index in [1.807, 2.05) is 0 Å². The molecule has 1 aliphatic heterocycles. The van der Waals surface area contributed by atoms with Crippen molar-refractivity contribution in [2.45, 2.75) is 71.5 Å². The van der Waals surface area contributed by atoms with Crippen molar-refractivity contribution in [1.82, 2.24) is 0 Å². The maximum absolute atomic E-state index is 12.5. The second-order valence-corrected chi connectivity index (χ2v) is 7.22. The lowest BCUT2D eigenvalue weighted by molar-refractivity contribution is -0.0515. The highest BCUT2D eigenvalue weighted by Crippen LogP contribution is 2.45. The molecule has 0 spiro atoms. The Bertz CT molecular complexity index is 609. The van der Waals surface area contributed by atoms with Gasteiger partial charge in [0.1, 0.15) is 29.3 Å². The van der Waals surface area contributed by atoms with Gasteiger partial charge in [-0.2, -0.15) is 0 Å². The summed E-state index contributed by atoms with van der Waals surface area (Å²) in [6, 6.07) is 1.56. The number of carbonyl (C=O) groups is 1. The van der Waals surface area contributed by atoms with E-state index in [0.29, 0.717) is 29.9 Å². The molecule has 5 heteroatoms. The second-order valence-electron chi connectivity index (χ2n) is 7.22. The normalized spacial score (nSPS) is 19.8. The van der Waals surface area contributed by atoms with Gasteiger partial charge in [-0.3, -0.25) is 0 Å². The fourth-order valence-corrected chi connectivity index (χ4v) is 3.38. The van der Waals surface area contributed by atoms with E-state index in [-0.39, 0.29) is 17.1 Å². The lowest BCUT2D eigenvalue weighted by Crippen LogP contribution is -2.33. The minimum absolute atomic E-state index is 0.00412. The van der Waals surface area contributed by atoms with Gasteiger partial charge in [0.25, 0.3) is 0 Å². The third kappa shape index (κ3) is 4.27.